The van der Waals surface area contributed by atoms with Gasteiger partial charge in [-0.3, -0.25) is 4.79 Å². The molecule has 0 aromatic heterocycles. The van der Waals surface area contributed by atoms with E-state index >= 15 is 0 Å². The van der Waals surface area contributed by atoms with Crippen LogP contribution in [0.1, 0.15) is 71.7 Å². The van der Waals surface area contributed by atoms with Crippen LogP contribution in [0.2, 0.25) is 0 Å². The number of aliphatic hydroxyl groups is 5. The standard InChI is InChI=1S/C36H49NO13.2Ac/c1-8-47-32(44)37-24(17(2)3)26(40)31(43)49-20-15-36(46)29(50-30(42)19-12-10-9-11-13-19)27-34(7,21(38)14-22-35(27,45)16-48-22)28(41)25(39)23(18(20)4)33(36,5)6;;/h9-13,17,20-22,24-27,29,38-40,45-46H,8,14-16H2,1-7H3,(H,37,44);;/t20?,21-,22+,24-,25+,26+,27-,29-,34+,35-,36+;;/m0../s1. The second-order valence-electron chi connectivity index (χ2n) is 15.1. The number of benzene rings is 1. The Morgan fingerprint density at radius 2 is 1.65 bits per heavy atom. The first-order chi connectivity index (χ1) is 23.3. The number of esters is 2. The molecule has 0 spiro atoms. The Labute approximate surface area is 374 Å². The van der Waals surface area contributed by atoms with E-state index in [0.29, 0.717) is 0 Å². The van der Waals surface area contributed by atoms with Gasteiger partial charge in [0, 0.05) is 112 Å². The minimum atomic E-state index is -2.27. The average Bonchev–Trinajstić information content (AvgIpc) is 3.05. The number of hydrogen-bond donors (Lipinski definition) is 6. The maximum absolute atomic E-state index is 14.6. The Morgan fingerprint density at radius 1 is 1.04 bits per heavy atom. The van der Waals surface area contributed by atoms with Gasteiger partial charge in [0.05, 0.1) is 42.4 Å². The third-order valence-corrected chi connectivity index (χ3v) is 11.7. The molecule has 1 heterocycles. The number of rotatable bonds is 8. The van der Waals surface area contributed by atoms with Crippen LogP contribution in [0.25, 0.3) is 0 Å². The van der Waals surface area contributed by atoms with Crippen LogP contribution in [-0.2, 0) is 28.5 Å². The van der Waals surface area contributed by atoms with Crippen LogP contribution >= 0.6 is 0 Å². The zero-order valence-corrected chi connectivity index (χ0v) is 40.1. The molecular formula is C36H49Ac2NO13. The fourth-order valence-electron chi connectivity index (χ4n) is 8.65. The summed E-state index contributed by atoms with van der Waals surface area (Å²) in [4.78, 5) is 54.1. The first-order valence-corrected chi connectivity index (χ1v) is 17.0. The molecule has 11 atom stereocenters. The van der Waals surface area contributed by atoms with E-state index in [1.807, 2.05) is 0 Å². The van der Waals surface area contributed by atoms with E-state index in [2.05, 4.69) is 5.32 Å². The third-order valence-electron chi connectivity index (χ3n) is 11.7. The van der Waals surface area contributed by atoms with Crippen LogP contribution in [0.15, 0.2) is 41.5 Å². The van der Waals surface area contributed by atoms with Crippen LogP contribution in [-0.4, -0.2) is 116 Å². The fraction of sp³-hybridized carbons (Fsp3) is 0.667. The molecule has 1 saturated heterocycles. The molecule has 2 saturated carbocycles. The van der Waals surface area contributed by atoms with Crippen molar-refractivity contribution in [2.45, 2.75) is 115 Å². The molecular weight excluding hydrogens is 1110 g/mol. The number of aliphatic hydroxyl groups excluding tert-OH is 3. The van der Waals surface area contributed by atoms with Gasteiger partial charge in [0.15, 0.2) is 11.9 Å². The van der Waals surface area contributed by atoms with Crippen LogP contribution in [0, 0.1) is 111 Å². The second-order valence-corrected chi connectivity index (χ2v) is 15.1. The predicted octanol–water partition coefficient (Wildman–Crippen LogP) is 1.19. The molecule has 6 N–H and O–H groups in total. The van der Waals surface area contributed by atoms with Gasteiger partial charge in [-0.1, -0.05) is 45.9 Å². The third kappa shape index (κ3) is 7.51. The van der Waals surface area contributed by atoms with Crippen LogP contribution < -0.4 is 5.32 Å². The van der Waals surface area contributed by atoms with E-state index in [1.54, 1.807) is 52.8 Å². The number of nitrogens with one attached hydrogen (secondary N) is 1. The fourth-order valence-corrected chi connectivity index (χ4v) is 8.65. The minimum absolute atomic E-state index is 0. The molecule has 3 aliphatic carbocycles. The molecule has 1 aromatic rings. The van der Waals surface area contributed by atoms with Gasteiger partial charge < -0.3 is 49.8 Å². The second kappa shape index (κ2) is 16.9. The molecule has 1 amide bonds. The summed E-state index contributed by atoms with van der Waals surface area (Å²) in [6.07, 6.45) is -10.9. The van der Waals surface area contributed by atoms with E-state index in [-0.39, 0.29) is 124 Å². The molecule has 1 aliphatic heterocycles. The molecule has 4 aliphatic rings. The summed E-state index contributed by atoms with van der Waals surface area (Å²) in [6.45, 7) is 10.7. The van der Waals surface area contributed by atoms with E-state index < -0.39 is 107 Å². The van der Waals surface area contributed by atoms with E-state index in [1.165, 1.54) is 26.0 Å². The molecule has 2 bridgehead atoms. The molecule has 52 heavy (non-hydrogen) atoms. The van der Waals surface area contributed by atoms with Crippen molar-refractivity contribution in [3.63, 3.8) is 0 Å². The number of Topliss-reactive ketones (excluding diaryl/α,β-unsaturated/α-hetero) is 1. The summed E-state index contributed by atoms with van der Waals surface area (Å²) in [5.74, 6) is -4.91. The number of ether oxygens (including phenoxy) is 4. The predicted molar refractivity (Wildman–Crippen MR) is 174 cm³/mol. The molecule has 5 rings (SSSR count). The first-order valence-electron chi connectivity index (χ1n) is 17.0. The van der Waals surface area contributed by atoms with Crippen molar-refractivity contribution < 1.29 is 152 Å². The number of fused-ring (bicyclic) bond motifs is 5. The van der Waals surface area contributed by atoms with Crippen LogP contribution in [0.3, 0.4) is 0 Å². The van der Waals surface area contributed by atoms with Crippen LogP contribution in [0.4, 0.5) is 4.79 Å². The maximum Gasteiger partial charge on any atom is 0.407 e. The normalized spacial score (nSPS) is 35.8. The minimum Gasteiger partial charge on any atom is -0.456 e. The molecule has 3 fully saturated rings. The number of carbonyl (C=O) groups is 4. The number of alkyl carbamates (subject to hydrolysis) is 1. The Hall–Kier alpha value is -0.517. The van der Waals surface area contributed by atoms with Gasteiger partial charge in [-0.05, 0) is 50.0 Å². The van der Waals surface area contributed by atoms with Crippen molar-refractivity contribution in [3.05, 3.63) is 47.0 Å². The molecule has 1 unspecified atom stereocenters. The summed E-state index contributed by atoms with van der Waals surface area (Å²) in [6, 6.07) is 6.76. The smallest absolute Gasteiger partial charge is 0.407 e. The Bertz CT molecular complexity index is 1560. The van der Waals surface area contributed by atoms with Gasteiger partial charge in [0.25, 0.3) is 0 Å². The van der Waals surface area contributed by atoms with Gasteiger partial charge in [0.2, 0.25) is 0 Å². The SMILES string of the molecule is CCOC(=O)N[C@@H](C(C)C)[C@@H](O)C(=O)OC1C[C@@]2(O)[C@@H](OC(=O)c3ccccc3)[C@@H]3[C@]4(O)CO[C@@H]4C[C@H](O)[C@@]3(C)C(=O)[C@H](O)C(=C1C)C2(C)C.[Ac].[Ac]. The number of hydrogen-bond acceptors (Lipinski definition) is 13. The molecule has 2 radical (unpaired) electrons. The summed E-state index contributed by atoms with van der Waals surface area (Å²) < 4.78 is 22.5. The maximum atomic E-state index is 14.6. The van der Waals surface area contributed by atoms with Gasteiger partial charge in [-0.25, -0.2) is 14.4 Å². The van der Waals surface area contributed by atoms with Crippen molar-refractivity contribution in [2.75, 3.05) is 13.2 Å². The summed E-state index contributed by atoms with van der Waals surface area (Å²) in [5, 5.41) is 62.3. The van der Waals surface area contributed by atoms with Gasteiger partial charge in [0.1, 0.15) is 29.5 Å². The number of carbonyl (C=O) groups excluding carboxylic acids is 4. The van der Waals surface area contributed by atoms with Crippen molar-refractivity contribution in [2.24, 2.45) is 22.7 Å². The Balaban J connectivity index is 0.00000364. The van der Waals surface area contributed by atoms with Crippen molar-refractivity contribution in [1.82, 2.24) is 5.32 Å². The largest absolute Gasteiger partial charge is 0.456 e. The van der Waals surface area contributed by atoms with E-state index in [0.717, 1.165) is 0 Å². The summed E-state index contributed by atoms with van der Waals surface area (Å²) >= 11 is 0. The quantitative estimate of drug-likeness (QED) is 0.123. The van der Waals surface area contributed by atoms with E-state index in [9.17, 15) is 44.7 Å². The number of ketones is 1. The summed E-state index contributed by atoms with van der Waals surface area (Å²) in [5.41, 5.74) is -7.39. The Kier molecular flexibility index (Phi) is 14.9. The molecule has 282 valence electrons. The van der Waals surface area contributed by atoms with Crippen molar-refractivity contribution >= 4 is 23.8 Å². The topological polar surface area (TPSA) is 218 Å². The monoisotopic (exact) mass is 1160 g/mol. The molecule has 16 heteroatoms. The zero-order chi connectivity index (χ0) is 37.1. The number of amides is 1. The van der Waals surface area contributed by atoms with Gasteiger partial charge >= 0.3 is 18.0 Å². The van der Waals surface area contributed by atoms with Gasteiger partial charge in [-0.15, -0.1) is 0 Å². The van der Waals surface area contributed by atoms with Crippen molar-refractivity contribution in [1.29, 1.82) is 0 Å². The Morgan fingerprint density at radius 3 is 2.19 bits per heavy atom. The average molecular weight is 1160 g/mol. The molecule has 14 nitrogen and oxygen atoms in total. The van der Waals surface area contributed by atoms with E-state index in [4.69, 9.17) is 18.9 Å². The first kappa shape index (κ1) is 45.9. The van der Waals surface area contributed by atoms with Crippen molar-refractivity contribution in [3.8, 4) is 0 Å². The summed E-state index contributed by atoms with van der Waals surface area (Å²) in [7, 11) is 0. The zero-order valence-electron chi connectivity index (χ0n) is 30.6. The molecule has 1 aromatic carbocycles. The van der Waals surface area contributed by atoms with Crippen LogP contribution in [0.5, 0.6) is 0 Å². The van der Waals surface area contributed by atoms with Gasteiger partial charge in [-0.2, -0.15) is 0 Å².